The lowest BCUT2D eigenvalue weighted by molar-refractivity contribution is 0.118. The SMILES string of the molecule is Cc1ccc(NCCOCC(C)C)cc1F. The molecule has 0 aliphatic heterocycles. The lowest BCUT2D eigenvalue weighted by Gasteiger charge is -2.09. The highest BCUT2D eigenvalue weighted by Gasteiger charge is 1.98. The Labute approximate surface area is 96.8 Å². The predicted molar refractivity (Wildman–Crippen MR) is 65.3 cm³/mol. The van der Waals surface area contributed by atoms with Gasteiger partial charge in [-0.1, -0.05) is 19.9 Å². The molecule has 1 aromatic rings. The average Bonchev–Trinajstić information content (AvgIpc) is 2.22. The van der Waals surface area contributed by atoms with Crippen molar-refractivity contribution >= 4 is 5.69 Å². The molecule has 1 aromatic carbocycles. The highest BCUT2D eigenvalue weighted by Crippen LogP contribution is 2.12. The molecule has 1 rings (SSSR count). The smallest absolute Gasteiger partial charge is 0.128 e. The van der Waals surface area contributed by atoms with Gasteiger partial charge in [0, 0.05) is 18.8 Å². The second-order valence-corrected chi connectivity index (χ2v) is 4.36. The lowest BCUT2D eigenvalue weighted by atomic mass is 10.2. The maximum absolute atomic E-state index is 13.2. The third-order valence-corrected chi connectivity index (χ3v) is 2.20. The van der Waals surface area contributed by atoms with E-state index in [2.05, 4.69) is 19.2 Å². The summed E-state index contributed by atoms with van der Waals surface area (Å²) in [6.45, 7) is 8.10. The van der Waals surface area contributed by atoms with Gasteiger partial charge in [0.15, 0.2) is 0 Å². The fraction of sp³-hybridized carbons (Fsp3) is 0.538. The molecule has 1 N–H and O–H groups in total. The molecule has 0 aromatic heterocycles. The number of benzene rings is 1. The van der Waals surface area contributed by atoms with Gasteiger partial charge in [-0.2, -0.15) is 0 Å². The zero-order valence-electron chi connectivity index (χ0n) is 10.2. The second kappa shape index (κ2) is 6.48. The molecule has 0 amide bonds. The minimum atomic E-state index is -0.173. The summed E-state index contributed by atoms with van der Waals surface area (Å²) in [7, 11) is 0. The Morgan fingerprint density at radius 1 is 1.38 bits per heavy atom. The van der Waals surface area contributed by atoms with Crippen molar-refractivity contribution in [2.75, 3.05) is 25.1 Å². The van der Waals surface area contributed by atoms with Gasteiger partial charge in [0.2, 0.25) is 0 Å². The molecule has 0 spiro atoms. The van der Waals surface area contributed by atoms with Crippen LogP contribution in [0, 0.1) is 18.7 Å². The van der Waals surface area contributed by atoms with Crippen molar-refractivity contribution in [1.82, 2.24) is 0 Å². The van der Waals surface area contributed by atoms with Crippen molar-refractivity contribution in [3.63, 3.8) is 0 Å². The third kappa shape index (κ3) is 4.62. The highest BCUT2D eigenvalue weighted by molar-refractivity contribution is 5.44. The summed E-state index contributed by atoms with van der Waals surface area (Å²) in [4.78, 5) is 0. The number of ether oxygens (including phenoxy) is 1. The van der Waals surface area contributed by atoms with Crippen LogP contribution in [-0.4, -0.2) is 19.8 Å². The van der Waals surface area contributed by atoms with Crippen molar-refractivity contribution in [3.05, 3.63) is 29.6 Å². The van der Waals surface area contributed by atoms with Gasteiger partial charge in [-0.15, -0.1) is 0 Å². The molecule has 0 bridgehead atoms. The number of hydrogen-bond acceptors (Lipinski definition) is 2. The Hall–Kier alpha value is -1.09. The molecule has 0 aliphatic rings. The molecule has 16 heavy (non-hydrogen) atoms. The molecule has 0 saturated heterocycles. The normalized spacial score (nSPS) is 10.8. The molecule has 90 valence electrons. The van der Waals surface area contributed by atoms with Crippen LogP contribution < -0.4 is 5.32 Å². The van der Waals surface area contributed by atoms with E-state index < -0.39 is 0 Å². The van der Waals surface area contributed by atoms with Crippen molar-refractivity contribution in [3.8, 4) is 0 Å². The van der Waals surface area contributed by atoms with Crippen LogP contribution in [0.25, 0.3) is 0 Å². The molecule has 0 saturated carbocycles. The Bertz CT molecular complexity index is 326. The maximum Gasteiger partial charge on any atom is 0.128 e. The molecule has 0 radical (unpaired) electrons. The number of anilines is 1. The highest BCUT2D eigenvalue weighted by atomic mass is 19.1. The zero-order valence-corrected chi connectivity index (χ0v) is 10.2. The summed E-state index contributed by atoms with van der Waals surface area (Å²) < 4.78 is 18.6. The molecule has 0 fully saturated rings. The summed E-state index contributed by atoms with van der Waals surface area (Å²) in [5, 5.41) is 3.12. The van der Waals surface area contributed by atoms with Crippen molar-refractivity contribution < 1.29 is 9.13 Å². The second-order valence-electron chi connectivity index (χ2n) is 4.36. The third-order valence-electron chi connectivity index (χ3n) is 2.20. The Kier molecular flexibility index (Phi) is 5.26. The largest absolute Gasteiger partial charge is 0.383 e. The minimum Gasteiger partial charge on any atom is -0.383 e. The topological polar surface area (TPSA) is 21.3 Å². The van der Waals surface area contributed by atoms with E-state index in [1.807, 2.05) is 6.07 Å². The number of nitrogens with one attached hydrogen (secondary N) is 1. The molecule has 2 nitrogen and oxygen atoms in total. The first-order valence-corrected chi connectivity index (χ1v) is 5.67. The molecule has 3 heteroatoms. The van der Waals surface area contributed by atoms with E-state index in [1.54, 1.807) is 13.0 Å². The molecular weight excluding hydrogens is 205 g/mol. The van der Waals surface area contributed by atoms with E-state index in [4.69, 9.17) is 4.74 Å². The summed E-state index contributed by atoms with van der Waals surface area (Å²) in [6.07, 6.45) is 0. The summed E-state index contributed by atoms with van der Waals surface area (Å²) in [5.74, 6) is 0.380. The Balaban J connectivity index is 2.24. The van der Waals surface area contributed by atoms with Crippen LogP contribution in [0.1, 0.15) is 19.4 Å². The van der Waals surface area contributed by atoms with Crippen LogP contribution in [0.15, 0.2) is 18.2 Å². The number of rotatable bonds is 6. The quantitative estimate of drug-likeness (QED) is 0.750. The summed E-state index contributed by atoms with van der Waals surface area (Å²) >= 11 is 0. The van der Waals surface area contributed by atoms with Gasteiger partial charge in [0.1, 0.15) is 5.82 Å². The van der Waals surface area contributed by atoms with Crippen LogP contribution in [0.4, 0.5) is 10.1 Å². The molecular formula is C13H20FNO. The Morgan fingerprint density at radius 2 is 2.12 bits per heavy atom. The van der Waals surface area contributed by atoms with E-state index in [0.717, 1.165) is 12.3 Å². The van der Waals surface area contributed by atoms with Gasteiger partial charge in [0.05, 0.1) is 6.61 Å². The van der Waals surface area contributed by atoms with Gasteiger partial charge in [-0.05, 0) is 30.5 Å². The predicted octanol–water partition coefficient (Wildman–Crippen LogP) is 3.22. The summed E-state index contributed by atoms with van der Waals surface area (Å²) in [6, 6.07) is 5.16. The number of hydrogen-bond donors (Lipinski definition) is 1. The van der Waals surface area contributed by atoms with Crippen LogP contribution >= 0.6 is 0 Å². The van der Waals surface area contributed by atoms with Crippen LogP contribution in [-0.2, 0) is 4.74 Å². The summed E-state index contributed by atoms with van der Waals surface area (Å²) in [5.41, 5.74) is 1.47. The first-order valence-electron chi connectivity index (χ1n) is 5.67. The van der Waals surface area contributed by atoms with Crippen molar-refractivity contribution in [2.45, 2.75) is 20.8 Å². The Morgan fingerprint density at radius 3 is 2.75 bits per heavy atom. The van der Waals surface area contributed by atoms with Crippen LogP contribution in [0.5, 0.6) is 0 Å². The van der Waals surface area contributed by atoms with Crippen molar-refractivity contribution in [2.24, 2.45) is 5.92 Å². The fourth-order valence-corrected chi connectivity index (χ4v) is 1.29. The molecule has 0 unspecified atom stereocenters. The molecule has 0 aliphatic carbocycles. The molecule has 0 atom stereocenters. The van der Waals surface area contributed by atoms with Gasteiger partial charge < -0.3 is 10.1 Å². The van der Waals surface area contributed by atoms with Gasteiger partial charge in [-0.25, -0.2) is 4.39 Å². The van der Waals surface area contributed by atoms with Crippen molar-refractivity contribution in [1.29, 1.82) is 0 Å². The standard InChI is InChI=1S/C13H20FNO/c1-10(2)9-16-7-6-15-12-5-4-11(3)13(14)8-12/h4-5,8,10,15H,6-7,9H2,1-3H3. The molecule has 0 heterocycles. The van der Waals surface area contributed by atoms with E-state index in [0.29, 0.717) is 24.6 Å². The average molecular weight is 225 g/mol. The number of halogens is 1. The maximum atomic E-state index is 13.2. The monoisotopic (exact) mass is 225 g/mol. The van der Waals surface area contributed by atoms with Crippen LogP contribution in [0.3, 0.4) is 0 Å². The van der Waals surface area contributed by atoms with Gasteiger partial charge >= 0.3 is 0 Å². The van der Waals surface area contributed by atoms with Gasteiger partial charge in [-0.3, -0.25) is 0 Å². The zero-order chi connectivity index (χ0) is 12.0. The first-order chi connectivity index (χ1) is 7.59. The van der Waals surface area contributed by atoms with E-state index in [1.165, 1.54) is 6.07 Å². The van der Waals surface area contributed by atoms with E-state index in [9.17, 15) is 4.39 Å². The first kappa shape index (κ1) is 13.0. The fourth-order valence-electron chi connectivity index (χ4n) is 1.29. The van der Waals surface area contributed by atoms with Gasteiger partial charge in [0.25, 0.3) is 0 Å². The van der Waals surface area contributed by atoms with E-state index in [-0.39, 0.29) is 5.82 Å². The van der Waals surface area contributed by atoms with Crippen LogP contribution in [0.2, 0.25) is 0 Å². The number of aryl methyl sites for hydroxylation is 1. The lowest BCUT2D eigenvalue weighted by Crippen LogP contribution is -2.12. The minimum absolute atomic E-state index is 0.173. The van der Waals surface area contributed by atoms with E-state index >= 15 is 0 Å².